The first-order chi connectivity index (χ1) is 16.9. The second-order valence-corrected chi connectivity index (χ2v) is 8.22. The van der Waals surface area contributed by atoms with Crippen LogP contribution in [0.2, 0.25) is 0 Å². The molecule has 10 heteroatoms. The molecule has 1 N–H and O–H groups in total. The van der Waals surface area contributed by atoms with Crippen molar-refractivity contribution in [1.29, 1.82) is 0 Å². The molecule has 4 aromatic rings. The van der Waals surface area contributed by atoms with Gasteiger partial charge in [0.1, 0.15) is 5.82 Å². The number of amides is 1. The number of pyridine rings is 2. The molecule has 0 bridgehead atoms. The van der Waals surface area contributed by atoms with E-state index in [0.717, 1.165) is 16.3 Å². The van der Waals surface area contributed by atoms with E-state index in [1.54, 1.807) is 37.9 Å². The number of benzene rings is 1. The second-order valence-electron chi connectivity index (χ2n) is 8.22. The highest BCUT2D eigenvalue weighted by Crippen LogP contribution is 2.27. The van der Waals surface area contributed by atoms with E-state index in [1.165, 1.54) is 0 Å². The fraction of sp³-hybridized carbons (Fsp3) is 0.280. The van der Waals surface area contributed by atoms with Crippen LogP contribution in [0.25, 0.3) is 22.2 Å². The lowest BCUT2D eigenvalue weighted by atomic mass is 10.1. The number of nitrogens with one attached hydrogen (secondary N) is 1. The van der Waals surface area contributed by atoms with E-state index < -0.39 is 5.97 Å². The third kappa shape index (κ3) is 4.30. The zero-order valence-corrected chi connectivity index (χ0v) is 19.7. The van der Waals surface area contributed by atoms with Gasteiger partial charge in [-0.25, -0.2) is 9.78 Å². The van der Waals surface area contributed by atoms with Crippen LogP contribution < -0.4 is 5.32 Å². The fourth-order valence-corrected chi connectivity index (χ4v) is 4.15. The average molecular weight is 473 g/mol. The molecule has 10 nitrogen and oxygen atoms in total. The highest BCUT2D eigenvalue weighted by Gasteiger charge is 2.30. The van der Waals surface area contributed by atoms with Crippen LogP contribution in [-0.2, 0) is 11.3 Å². The summed E-state index contributed by atoms with van der Waals surface area (Å²) in [4.78, 5) is 40.1. The van der Waals surface area contributed by atoms with Gasteiger partial charge in [0.05, 0.1) is 35.7 Å². The summed E-state index contributed by atoms with van der Waals surface area (Å²) in [5, 5.41) is 9.26. The molecule has 3 aromatic heterocycles. The number of fused-ring (bicyclic) bond motifs is 2. The van der Waals surface area contributed by atoms with Gasteiger partial charge in [-0.3, -0.25) is 9.78 Å². The summed E-state index contributed by atoms with van der Waals surface area (Å²) in [5.74, 6) is 1.10. The molecule has 0 atom stereocenters. The van der Waals surface area contributed by atoms with E-state index in [9.17, 15) is 9.59 Å². The Balaban J connectivity index is 1.30. The Morgan fingerprint density at radius 2 is 2.06 bits per heavy atom. The number of anilines is 1. The first-order valence-electron chi connectivity index (χ1n) is 11.3. The maximum absolute atomic E-state index is 13.0. The summed E-state index contributed by atoms with van der Waals surface area (Å²) in [7, 11) is 0. The Bertz CT molecular complexity index is 1450. The Morgan fingerprint density at radius 1 is 1.20 bits per heavy atom. The number of carbonyl (C=O) groups excluding carboxylic acids is 2. The summed E-state index contributed by atoms with van der Waals surface area (Å²) < 4.78 is 10.2. The molecule has 1 aliphatic heterocycles. The van der Waals surface area contributed by atoms with Crippen LogP contribution in [0.3, 0.4) is 0 Å². The predicted molar refractivity (Wildman–Crippen MR) is 128 cm³/mol. The number of carbonyl (C=O) groups is 2. The Morgan fingerprint density at radius 3 is 2.83 bits per heavy atom. The summed E-state index contributed by atoms with van der Waals surface area (Å²) in [6, 6.07) is 9.42. The van der Waals surface area contributed by atoms with E-state index in [-0.39, 0.29) is 12.5 Å². The van der Waals surface area contributed by atoms with Crippen LogP contribution in [0.1, 0.15) is 44.9 Å². The molecule has 0 radical (unpaired) electrons. The minimum Gasteiger partial charge on any atom is -0.462 e. The number of ether oxygens (including phenoxy) is 1. The average Bonchev–Trinajstić information content (AvgIpc) is 3.41. The Kier molecular flexibility index (Phi) is 5.86. The lowest BCUT2D eigenvalue weighted by Crippen LogP contribution is -2.29. The van der Waals surface area contributed by atoms with Gasteiger partial charge in [0.15, 0.2) is 0 Å². The number of esters is 1. The number of nitrogens with zero attached hydrogens (tertiary/aromatic N) is 5. The number of aromatic nitrogens is 4. The van der Waals surface area contributed by atoms with E-state index in [1.807, 2.05) is 24.3 Å². The van der Waals surface area contributed by atoms with Gasteiger partial charge in [-0.05, 0) is 37.4 Å². The van der Waals surface area contributed by atoms with Crippen LogP contribution in [-0.4, -0.2) is 56.6 Å². The van der Waals surface area contributed by atoms with Gasteiger partial charge in [0, 0.05) is 37.2 Å². The summed E-state index contributed by atoms with van der Waals surface area (Å²) >= 11 is 0. The molecule has 35 heavy (non-hydrogen) atoms. The first kappa shape index (κ1) is 22.5. The molecule has 1 amide bonds. The van der Waals surface area contributed by atoms with Gasteiger partial charge < -0.3 is 19.5 Å². The number of rotatable bonds is 7. The zero-order valence-electron chi connectivity index (χ0n) is 19.7. The van der Waals surface area contributed by atoms with E-state index in [2.05, 4.69) is 25.4 Å². The summed E-state index contributed by atoms with van der Waals surface area (Å²) in [6.07, 6.45) is 1.74. The van der Waals surface area contributed by atoms with Crippen LogP contribution >= 0.6 is 0 Å². The molecule has 0 unspecified atom stereocenters. The third-order valence-electron chi connectivity index (χ3n) is 5.87. The largest absolute Gasteiger partial charge is 0.462 e. The predicted octanol–water partition coefficient (Wildman–Crippen LogP) is 3.54. The fourth-order valence-electron chi connectivity index (χ4n) is 4.15. The van der Waals surface area contributed by atoms with Crippen LogP contribution in [0.15, 0.2) is 41.1 Å². The Labute approximate surface area is 201 Å². The van der Waals surface area contributed by atoms with Crippen molar-refractivity contribution in [2.45, 2.75) is 27.3 Å². The zero-order chi connectivity index (χ0) is 24.5. The monoisotopic (exact) mass is 472 g/mol. The van der Waals surface area contributed by atoms with Crippen LogP contribution in [0, 0.1) is 13.8 Å². The first-order valence-corrected chi connectivity index (χ1v) is 11.3. The van der Waals surface area contributed by atoms with Gasteiger partial charge in [0.2, 0.25) is 11.7 Å². The van der Waals surface area contributed by atoms with Crippen molar-refractivity contribution in [3.8, 4) is 11.4 Å². The van der Waals surface area contributed by atoms with E-state index in [0.29, 0.717) is 59.7 Å². The molecule has 0 aliphatic carbocycles. The van der Waals surface area contributed by atoms with Gasteiger partial charge in [-0.15, -0.1) is 0 Å². The second kappa shape index (κ2) is 9.13. The highest BCUT2D eigenvalue weighted by molar-refractivity contribution is 6.01. The minimum absolute atomic E-state index is 0.152. The lowest BCUT2D eigenvalue weighted by molar-refractivity contribution is 0.0525. The summed E-state index contributed by atoms with van der Waals surface area (Å²) in [6.45, 7) is 6.83. The molecule has 5 rings (SSSR count). The van der Waals surface area contributed by atoms with Crippen LogP contribution in [0.5, 0.6) is 0 Å². The molecule has 0 spiro atoms. The maximum Gasteiger partial charge on any atom is 0.339 e. The molecule has 1 aromatic carbocycles. The van der Waals surface area contributed by atoms with Crippen molar-refractivity contribution in [3.63, 3.8) is 0 Å². The Hall–Kier alpha value is -4.34. The SMILES string of the molecule is CCOC(=O)c1cc2c(nc1C)CN(CCNc1nccc3ccc(-c4noc(C)n4)cc13)C2=O. The van der Waals surface area contributed by atoms with Gasteiger partial charge in [-0.1, -0.05) is 17.3 Å². The van der Waals surface area contributed by atoms with E-state index >= 15 is 0 Å². The third-order valence-corrected chi connectivity index (χ3v) is 5.87. The molecule has 0 fully saturated rings. The normalized spacial score (nSPS) is 12.8. The number of hydrogen-bond acceptors (Lipinski definition) is 9. The van der Waals surface area contributed by atoms with Crippen molar-refractivity contribution in [3.05, 3.63) is 64.9 Å². The molecule has 1 aliphatic rings. The molecule has 0 saturated carbocycles. The standard InChI is InChI=1S/C25H24N6O4/c1-4-34-25(33)18-12-20-21(28-14(18)2)13-31(24(20)32)10-9-27-23-19-11-17(22-29-15(3)35-30-22)6-5-16(19)7-8-26-23/h5-8,11-12H,4,9-10,13H2,1-3H3,(H,26,27). The molecule has 0 saturated heterocycles. The topological polar surface area (TPSA) is 123 Å². The van der Waals surface area contributed by atoms with Crippen molar-refractivity contribution in [2.75, 3.05) is 25.0 Å². The van der Waals surface area contributed by atoms with Crippen LogP contribution in [0.4, 0.5) is 5.82 Å². The molecule has 178 valence electrons. The molecular weight excluding hydrogens is 448 g/mol. The number of aryl methyl sites for hydroxylation is 2. The van der Waals surface area contributed by atoms with Gasteiger partial charge in [-0.2, -0.15) is 4.98 Å². The summed E-state index contributed by atoms with van der Waals surface area (Å²) in [5.41, 5.74) is 2.83. The maximum atomic E-state index is 13.0. The van der Waals surface area contributed by atoms with Crippen molar-refractivity contribution >= 4 is 28.5 Å². The lowest BCUT2D eigenvalue weighted by Gasteiger charge is -2.16. The quantitative estimate of drug-likeness (QED) is 0.402. The van der Waals surface area contributed by atoms with Crippen molar-refractivity contribution in [2.24, 2.45) is 0 Å². The minimum atomic E-state index is -0.467. The smallest absolute Gasteiger partial charge is 0.339 e. The van der Waals surface area contributed by atoms with Gasteiger partial charge >= 0.3 is 5.97 Å². The number of hydrogen-bond donors (Lipinski definition) is 1. The van der Waals surface area contributed by atoms with Gasteiger partial charge in [0.25, 0.3) is 5.91 Å². The van der Waals surface area contributed by atoms with Crippen molar-refractivity contribution in [1.82, 2.24) is 25.0 Å². The highest BCUT2D eigenvalue weighted by atomic mass is 16.5. The molecular formula is C25H24N6O4. The molecule has 4 heterocycles. The van der Waals surface area contributed by atoms with Crippen molar-refractivity contribution < 1.29 is 18.8 Å². The van der Waals surface area contributed by atoms with E-state index in [4.69, 9.17) is 9.26 Å².